The average Bonchev–Trinajstić information content (AvgIpc) is 3.91. The number of fused-ring (bicyclic) bond motifs is 1. The second-order valence-corrected chi connectivity index (χ2v) is 17.4. The van der Waals surface area contributed by atoms with Crippen LogP contribution in [-0.4, -0.2) is 64.9 Å². The van der Waals surface area contributed by atoms with Gasteiger partial charge in [0.05, 0.1) is 0 Å². The van der Waals surface area contributed by atoms with E-state index < -0.39 is 41.9 Å². The van der Waals surface area contributed by atoms with Crippen molar-refractivity contribution in [2.75, 3.05) is 5.73 Å². The van der Waals surface area contributed by atoms with Crippen LogP contribution in [0.3, 0.4) is 0 Å². The van der Waals surface area contributed by atoms with Crippen LogP contribution in [0.5, 0.6) is 5.75 Å². The topological polar surface area (TPSA) is 226 Å². The summed E-state index contributed by atoms with van der Waals surface area (Å²) in [6.45, 7) is 4.00. The molecule has 59 heavy (non-hydrogen) atoms. The van der Waals surface area contributed by atoms with Crippen molar-refractivity contribution in [3.05, 3.63) is 88.7 Å². The number of carbonyl (C=O) groups is 3. The molecule has 9 rings (SSSR count). The second kappa shape index (κ2) is 16.4. The van der Waals surface area contributed by atoms with Crippen LogP contribution in [0.25, 0.3) is 10.9 Å². The van der Waals surface area contributed by atoms with Gasteiger partial charge in [-0.2, -0.15) is 4.98 Å². The van der Waals surface area contributed by atoms with E-state index >= 15 is 0 Å². The van der Waals surface area contributed by atoms with Crippen molar-refractivity contribution in [2.24, 2.45) is 23.2 Å². The van der Waals surface area contributed by atoms with Gasteiger partial charge in [-0.15, -0.1) is 0 Å². The molecule has 312 valence electrons. The first-order valence-corrected chi connectivity index (χ1v) is 20.5. The number of carboxylic acid groups (broad SMARTS) is 1. The molecule has 15 nitrogen and oxygen atoms in total. The number of benzene rings is 2. The highest BCUT2D eigenvalue weighted by molar-refractivity contribution is 5.91. The first-order valence-electron chi connectivity index (χ1n) is 20.5. The van der Waals surface area contributed by atoms with Crippen molar-refractivity contribution in [3.8, 4) is 5.75 Å². The number of imidazole rings is 1. The maximum absolute atomic E-state index is 14.7. The molecular formula is C43H52FN9O6. The Balaban J connectivity index is 1.07. The van der Waals surface area contributed by atoms with Crippen molar-refractivity contribution in [2.45, 2.75) is 109 Å². The Hall–Kier alpha value is -5.93. The molecule has 4 saturated carbocycles. The maximum Gasteiger partial charge on any atom is 0.405 e. The normalized spacial score (nSPS) is 22.3. The van der Waals surface area contributed by atoms with Gasteiger partial charge in [-0.3, -0.25) is 9.59 Å². The zero-order chi connectivity index (χ0) is 41.4. The molecule has 0 spiro atoms. The highest BCUT2D eigenvalue weighted by Gasteiger charge is 2.51. The van der Waals surface area contributed by atoms with Gasteiger partial charge < -0.3 is 46.0 Å². The minimum Gasteiger partial charge on any atom is -0.508 e. The van der Waals surface area contributed by atoms with Crippen LogP contribution in [-0.2, 0) is 35.4 Å². The third kappa shape index (κ3) is 8.91. The van der Waals surface area contributed by atoms with Crippen molar-refractivity contribution >= 4 is 34.8 Å². The van der Waals surface area contributed by atoms with E-state index in [0.29, 0.717) is 53.2 Å². The van der Waals surface area contributed by atoms with Gasteiger partial charge in [0.2, 0.25) is 17.7 Å². The molecule has 0 aliphatic heterocycles. The number of anilines is 1. The van der Waals surface area contributed by atoms with Gasteiger partial charge in [0, 0.05) is 55.3 Å². The van der Waals surface area contributed by atoms with Gasteiger partial charge in [-0.05, 0) is 141 Å². The molecule has 5 aromatic rings. The Morgan fingerprint density at radius 3 is 2.36 bits per heavy atom. The summed E-state index contributed by atoms with van der Waals surface area (Å²) < 4.78 is 22.2. The predicted molar refractivity (Wildman–Crippen MR) is 215 cm³/mol. The maximum atomic E-state index is 14.7. The largest absolute Gasteiger partial charge is 0.508 e. The molecule has 4 bridgehead atoms. The Labute approximate surface area is 340 Å². The lowest BCUT2D eigenvalue weighted by atomic mass is 9.49. The average molecular weight is 810 g/mol. The molecule has 3 aromatic heterocycles. The summed E-state index contributed by atoms with van der Waals surface area (Å²) in [6, 6.07) is 4.34. The van der Waals surface area contributed by atoms with Crippen LogP contribution < -0.4 is 21.7 Å². The monoisotopic (exact) mass is 809 g/mol. The summed E-state index contributed by atoms with van der Waals surface area (Å²) in [6.07, 6.45) is 12.4. The lowest BCUT2D eigenvalue weighted by molar-refractivity contribution is -0.130. The van der Waals surface area contributed by atoms with E-state index in [1.807, 2.05) is 0 Å². The van der Waals surface area contributed by atoms with E-state index in [4.69, 9.17) is 15.2 Å². The fourth-order valence-corrected chi connectivity index (χ4v) is 10.7. The standard InChI is InChI=1S/C43H52FN9O6/c1-23-10-30(54)11-24(2)31(23)17-35(48-38(55)34(50-42(57)58)4-3-8-53-9-7-46-41(53)45)39(56)49-36(15-28-22-47-33-6-5-29(44)16-32(28)33)40-51-37(52-59-40)21-43-18-25-12-26(19-43)14-27(13-25)20-43/h5-7,9-11,16,22,25-27,34-36,47,50,54H,3-4,8,12-15,17-21H2,1-2H3,(H2,45,46)(H,48,55)(H,49,56)(H,57,58)/t25?,26?,27?,34?,35?,36-,43?/m0/s1. The first-order chi connectivity index (χ1) is 28.3. The number of nitrogens with zero attached hydrogens (tertiary/aromatic N) is 4. The van der Waals surface area contributed by atoms with Gasteiger partial charge in [0.1, 0.15) is 29.7 Å². The number of rotatable bonds is 16. The molecule has 0 saturated heterocycles. The summed E-state index contributed by atoms with van der Waals surface area (Å²) in [7, 11) is 0. The quantitative estimate of drug-likeness (QED) is 0.0635. The Morgan fingerprint density at radius 2 is 1.69 bits per heavy atom. The molecule has 3 amide bonds. The Morgan fingerprint density at radius 1 is 1.00 bits per heavy atom. The summed E-state index contributed by atoms with van der Waals surface area (Å²) in [4.78, 5) is 52.6. The van der Waals surface area contributed by atoms with Crippen molar-refractivity contribution < 1.29 is 33.5 Å². The Kier molecular flexibility index (Phi) is 11.1. The molecule has 0 radical (unpaired) electrons. The molecule has 2 unspecified atom stereocenters. The van der Waals surface area contributed by atoms with Crippen LogP contribution >= 0.6 is 0 Å². The number of aromatic nitrogens is 5. The van der Waals surface area contributed by atoms with Crippen LogP contribution in [0, 0.1) is 42.8 Å². The number of aryl methyl sites for hydroxylation is 3. The van der Waals surface area contributed by atoms with Crippen LogP contribution in [0.15, 0.2) is 53.4 Å². The van der Waals surface area contributed by atoms with Crippen LogP contribution in [0.2, 0.25) is 0 Å². The van der Waals surface area contributed by atoms with E-state index in [1.165, 1.54) is 31.4 Å². The SMILES string of the molecule is Cc1cc(O)cc(C)c1CC(NC(=O)C(CCCn1ccnc1N)NC(=O)O)C(=O)N[C@@H](Cc1c[nH]c2ccc(F)cc12)c1nc(CC23CC4CC(CC(C4)C2)C3)no1. The zero-order valence-electron chi connectivity index (χ0n) is 33.3. The number of aromatic hydroxyl groups is 1. The number of nitrogen functional groups attached to an aromatic ring is 1. The van der Waals surface area contributed by atoms with Crippen LogP contribution in [0.4, 0.5) is 15.1 Å². The second-order valence-electron chi connectivity index (χ2n) is 17.4. The molecule has 4 aliphatic carbocycles. The molecule has 2 aromatic carbocycles. The molecule has 8 N–H and O–H groups in total. The van der Waals surface area contributed by atoms with E-state index in [9.17, 15) is 29.0 Å². The number of carbonyl (C=O) groups excluding carboxylic acids is 2. The van der Waals surface area contributed by atoms with E-state index in [0.717, 1.165) is 48.1 Å². The predicted octanol–water partition coefficient (Wildman–Crippen LogP) is 5.79. The first kappa shape index (κ1) is 39.9. The summed E-state index contributed by atoms with van der Waals surface area (Å²) >= 11 is 0. The molecule has 16 heteroatoms. The number of halogens is 1. The molecule has 4 aliphatic rings. The van der Waals surface area contributed by atoms with Gasteiger partial charge in [-0.25, -0.2) is 14.2 Å². The van der Waals surface area contributed by atoms with E-state index in [1.54, 1.807) is 55.2 Å². The third-order valence-electron chi connectivity index (χ3n) is 12.9. The van der Waals surface area contributed by atoms with E-state index in [-0.39, 0.29) is 36.3 Å². The number of H-pyrrole nitrogens is 1. The highest BCUT2D eigenvalue weighted by Crippen LogP contribution is 2.61. The minimum absolute atomic E-state index is 0.0208. The number of nitrogens with one attached hydrogen (secondary N) is 4. The molecule has 3 heterocycles. The summed E-state index contributed by atoms with van der Waals surface area (Å²) in [5.41, 5.74) is 9.60. The number of aromatic amines is 1. The smallest absolute Gasteiger partial charge is 0.405 e. The number of phenolic OH excluding ortho intramolecular Hbond substituents is 1. The fraction of sp³-hybridized carbons (Fsp3) is 0.488. The lowest BCUT2D eigenvalue weighted by Crippen LogP contribution is -2.55. The zero-order valence-corrected chi connectivity index (χ0v) is 33.3. The lowest BCUT2D eigenvalue weighted by Gasteiger charge is -2.56. The Bertz CT molecular complexity index is 2290. The molecule has 3 atom stereocenters. The van der Waals surface area contributed by atoms with E-state index in [2.05, 4.69) is 31.1 Å². The van der Waals surface area contributed by atoms with Gasteiger partial charge in [0.15, 0.2) is 11.8 Å². The van der Waals surface area contributed by atoms with Crippen molar-refractivity contribution in [3.63, 3.8) is 0 Å². The summed E-state index contributed by atoms with van der Waals surface area (Å²) in [5, 5.41) is 33.3. The number of nitrogens with two attached hydrogens (primary N) is 1. The van der Waals surface area contributed by atoms with Gasteiger partial charge in [-0.1, -0.05) is 5.16 Å². The number of hydrogen-bond acceptors (Lipinski definition) is 9. The van der Waals surface area contributed by atoms with Gasteiger partial charge in [0.25, 0.3) is 0 Å². The fourth-order valence-electron chi connectivity index (χ4n) is 10.7. The number of amides is 3. The number of phenols is 1. The van der Waals surface area contributed by atoms with Crippen LogP contribution in [0.1, 0.15) is 91.4 Å². The number of hydrogen-bond donors (Lipinski definition) is 7. The van der Waals surface area contributed by atoms with Gasteiger partial charge >= 0.3 is 6.09 Å². The third-order valence-corrected chi connectivity index (χ3v) is 12.9. The van der Waals surface area contributed by atoms with Crippen molar-refractivity contribution in [1.82, 2.24) is 40.6 Å². The summed E-state index contributed by atoms with van der Waals surface area (Å²) in [5.74, 6) is 1.69. The highest BCUT2D eigenvalue weighted by atomic mass is 19.1. The molecule has 4 fully saturated rings. The molecular weight excluding hydrogens is 758 g/mol. The van der Waals surface area contributed by atoms with Crippen molar-refractivity contribution in [1.29, 1.82) is 0 Å². The minimum atomic E-state index is -1.39.